The molecule has 1 aliphatic heterocycles. The minimum Gasteiger partial charge on any atom is -0.481 e. The first-order valence-electron chi connectivity index (χ1n) is 6.20. The van der Waals surface area contributed by atoms with Crippen molar-refractivity contribution in [2.45, 2.75) is 25.7 Å². The highest BCUT2D eigenvalue weighted by molar-refractivity contribution is 7.09. The summed E-state index contributed by atoms with van der Waals surface area (Å²) in [5.74, 6) is -1.06. The van der Waals surface area contributed by atoms with Crippen LogP contribution in [-0.2, 0) is 16.0 Å². The number of thiophene rings is 1. The highest BCUT2D eigenvalue weighted by Crippen LogP contribution is 2.18. The van der Waals surface area contributed by atoms with Crippen molar-refractivity contribution in [1.29, 1.82) is 0 Å². The number of amides is 1. The van der Waals surface area contributed by atoms with Gasteiger partial charge in [-0.3, -0.25) is 9.59 Å². The zero-order valence-electron chi connectivity index (χ0n) is 10.2. The summed E-state index contributed by atoms with van der Waals surface area (Å²) in [6.07, 6.45) is 2.88. The first-order chi connectivity index (χ1) is 8.66. The molecule has 98 valence electrons. The van der Waals surface area contributed by atoms with Crippen molar-refractivity contribution in [1.82, 2.24) is 4.90 Å². The average Bonchev–Trinajstić information content (AvgIpc) is 2.99. The second-order valence-corrected chi connectivity index (χ2v) is 5.63. The van der Waals surface area contributed by atoms with E-state index in [1.165, 1.54) is 4.88 Å². The number of hydrogen-bond acceptors (Lipinski definition) is 3. The fourth-order valence-corrected chi connectivity index (χ4v) is 2.97. The van der Waals surface area contributed by atoms with E-state index in [-0.39, 0.29) is 11.8 Å². The number of carboxylic acid groups (broad SMARTS) is 1. The number of aryl methyl sites for hydroxylation is 1. The van der Waals surface area contributed by atoms with E-state index in [1.54, 1.807) is 16.2 Å². The average molecular weight is 267 g/mol. The predicted octanol–water partition coefficient (Wildman–Crippen LogP) is 2.00. The normalized spacial score (nSPS) is 19.1. The lowest BCUT2D eigenvalue weighted by atomic mass is 10.1. The zero-order chi connectivity index (χ0) is 13.0. The van der Waals surface area contributed by atoms with Crippen molar-refractivity contribution in [3.63, 3.8) is 0 Å². The first kappa shape index (κ1) is 13.1. The predicted molar refractivity (Wildman–Crippen MR) is 69.6 cm³/mol. The molecule has 4 nitrogen and oxygen atoms in total. The Labute approximate surface area is 110 Å². The molecule has 1 aromatic heterocycles. The zero-order valence-corrected chi connectivity index (χ0v) is 11.0. The summed E-state index contributed by atoms with van der Waals surface area (Å²) in [7, 11) is 0. The quantitative estimate of drug-likeness (QED) is 0.887. The van der Waals surface area contributed by atoms with Crippen LogP contribution in [0.25, 0.3) is 0 Å². The van der Waals surface area contributed by atoms with Crippen LogP contribution >= 0.6 is 11.3 Å². The number of carbonyl (C=O) groups is 2. The third-order valence-corrected chi connectivity index (χ3v) is 4.22. The number of nitrogens with zero attached hydrogens (tertiary/aromatic N) is 1. The smallest absolute Gasteiger partial charge is 0.308 e. The fourth-order valence-electron chi connectivity index (χ4n) is 2.22. The standard InChI is InChI=1S/C13H17NO3S/c15-12(5-1-3-11-4-2-8-18-11)14-7-6-10(9-14)13(16)17/h2,4,8,10H,1,3,5-7,9H2,(H,16,17)/t10-/m0/s1. The van der Waals surface area contributed by atoms with Crippen molar-refractivity contribution in [3.05, 3.63) is 22.4 Å². The Bertz CT molecular complexity index is 416. The molecule has 0 radical (unpaired) electrons. The topological polar surface area (TPSA) is 57.6 Å². The molecule has 0 saturated carbocycles. The Hall–Kier alpha value is -1.36. The van der Waals surface area contributed by atoms with Crippen LogP contribution in [0.3, 0.4) is 0 Å². The Morgan fingerprint density at radius 1 is 1.50 bits per heavy atom. The fraction of sp³-hybridized carbons (Fsp3) is 0.538. The third kappa shape index (κ3) is 3.32. The first-order valence-corrected chi connectivity index (χ1v) is 7.08. The number of aliphatic carboxylic acids is 1. The summed E-state index contributed by atoms with van der Waals surface area (Å²) in [6, 6.07) is 4.09. The molecule has 18 heavy (non-hydrogen) atoms. The van der Waals surface area contributed by atoms with Gasteiger partial charge < -0.3 is 10.0 Å². The molecule has 0 aromatic carbocycles. The molecule has 1 aromatic rings. The van der Waals surface area contributed by atoms with Gasteiger partial charge >= 0.3 is 5.97 Å². The molecule has 1 amide bonds. The molecule has 1 aliphatic rings. The second kappa shape index (κ2) is 6.00. The minimum absolute atomic E-state index is 0.0929. The molecule has 0 spiro atoms. The lowest BCUT2D eigenvalue weighted by molar-refractivity contribution is -0.141. The Kier molecular flexibility index (Phi) is 4.36. The number of carboxylic acids is 1. The van der Waals surface area contributed by atoms with Crippen LogP contribution in [0.1, 0.15) is 24.1 Å². The van der Waals surface area contributed by atoms with E-state index in [2.05, 4.69) is 6.07 Å². The van der Waals surface area contributed by atoms with Gasteiger partial charge in [0.2, 0.25) is 5.91 Å². The summed E-state index contributed by atoms with van der Waals surface area (Å²) in [4.78, 5) is 25.7. The van der Waals surface area contributed by atoms with Gasteiger partial charge in [0, 0.05) is 24.4 Å². The molecule has 0 unspecified atom stereocenters. The van der Waals surface area contributed by atoms with Crippen LogP contribution in [0.2, 0.25) is 0 Å². The maximum atomic E-state index is 11.9. The van der Waals surface area contributed by atoms with E-state index >= 15 is 0 Å². The lowest BCUT2D eigenvalue weighted by Crippen LogP contribution is -2.29. The monoisotopic (exact) mass is 267 g/mol. The van der Waals surface area contributed by atoms with Gasteiger partial charge in [-0.05, 0) is 30.7 Å². The van der Waals surface area contributed by atoms with Crippen molar-refractivity contribution in [2.24, 2.45) is 5.92 Å². The molecule has 5 heteroatoms. The van der Waals surface area contributed by atoms with Gasteiger partial charge in [0.25, 0.3) is 0 Å². The van der Waals surface area contributed by atoms with Crippen molar-refractivity contribution in [2.75, 3.05) is 13.1 Å². The molecule has 0 bridgehead atoms. The van der Waals surface area contributed by atoms with Crippen LogP contribution in [0, 0.1) is 5.92 Å². The second-order valence-electron chi connectivity index (χ2n) is 4.60. The molecule has 1 N–H and O–H groups in total. The molecular formula is C13H17NO3S. The minimum atomic E-state index is -0.788. The highest BCUT2D eigenvalue weighted by Gasteiger charge is 2.30. The van der Waals surface area contributed by atoms with Gasteiger partial charge in [-0.1, -0.05) is 6.07 Å². The van der Waals surface area contributed by atoms with Crippen molar-refractivity contribution < 1.29 is 14.7 Å². The Morgan fingerprint density at radius 3 is 2.94 bits per heavy atom. The SMILES string of the molecule is O=C(O)[C@H]1CCN(C(=O)CCCc2cccs2)C1. The Morgan fingerprint density at radius 2 is 2.33 bits per heavy atom. The van der Waals surface area contributed by atoms with E-state index < -0.39 is 5.97 Å². The molecule has 2 rings (SSSR count). The number of rotatable bonds is 5. The van der Waals surface area contributed by atoms with Crippen LogP contribution < -0.4 is 0 Å². The van der Waals surface area contributed by atoms with Gasteiger partial charge in [-0.2, -0.15) is 0 Å². The van der Waals surface area contributed by atoms with Crippen LogP contribution in [-0.4, -0.2) is 35.0 Å². The summed E-state index contributed by atoms with van der Waals surface area (Å²) >= 11 is 1.71. The van der Waals surface area contributed by atoms with Crippen LogP contribution in [0.15, 0.2) is 17.5 Å². The van der Waals surface area contributed by atoms with Crippen molar-refractivity contribution >= 4 is 23.2 Å². The molecule has 1 saturated heterocycles. The number of hydrogen-bond donors (Lipinski definition) is 1. The van der Waals surface area contributed by atoms with E-state index in [1.807, 2.05) is 11.4 Å². The summed E-state index contributed by atoms with van der Waals surface area (Å²) in [6.45, 7) is 0.974. The molecule has 2 heterocycles. The maximum Gasteiger partial charge on any atom is 0.308 e. The Balaban J connectivity index is 1.71. The summed E-state index contributed by atoms with van der Waals surface area (Å²) in [5, 5.41) is 10.9. The van der Waals surface area contributed by atoms with Gasteiger partial charge in [0.15, 0.2) is 0 Å². The highest BCUT2D eigenvalue weighted by atomic mass is 32.1. The van der Waals surface area contributed by atoms with Gasteiger partial charge in [-0.15, -0.1) is 11.3 Å². The van der Waals surface area contributed by atoms with E-state index in [4.69, 9.17) is 5.11 Å². The third-order valence-electron chi connectivity index (χ3n) is 3.28. The van der Waals surface area contributed by atoms with Crippen LogP contribution in [0.5, 0.6) is 0 Å². The van der Waals surface area contributed by atoms with E-state index in [0.717, 1.165) is 12.8 Å². The van der Waals surface area contributed by atoms with Crippen molar-refractivity contribution in [3.8, 4) is 0 Å². The molecule has 0 aliphatic carbocycles. The van der Waals surface area contributed by atoms with Crippen LogP contribution in [0.4, 0.5) is 0 Å². The molecule has 1 fully saturated rings. The summed E-state index contributed by atoms with van der Waals surface area (Å²) in [5.41, 5.74) is 0. The van der Waals surface area contributed by atoms with E-state index in [9.17, 15) is 9.59 Å². The van der Waals surface area contributed by atoms with E-state index in [0.29, 0.717) is 25.9 Å². The number of likely N-dealkylation sites (tertiary alicyclic amines) is 1. The number of carbonyl (C=O) groups excluding carboxylic acids is 1. The molecule has 1 atom stereocenters. The maximum absolute atomic E-state index is 11.9. The lowest BCUT2D eigenvalue weighted by Gasteiger charge is -2.15. The molecular weight excluding hydrogens is 250 g/mol. The van der Waals surface area contributed by atoms with Gasteiger partial charge in [-0.25, -0.2) is 0 Å². The summed E-state index contributed by atoms with van der Waals surface area (Å²) < 4.78 is 0. The largest absolute Gasteiger partial charge is 0.481 e. The van der Waals surface area contributed by atoms with Gasteiger partial charge in [0.05, 0.1) is 5.92 Å². The van der Waals surface area contributed by atoms with Gasteiger partial charge in [0.1, 0.15) is 0 Å².